The maximum atomic E-state index is 13.1. The minimum absolute atomic E-state index is 0.000204. The van der Waals surface area contributed by atoms with Crippen LogP contribution in [-0.2, 0) is 16.1 Å². The third-order valence-electron chi connectivity index (χ3n) is 6.19. The normalized spacial score (nSPS) is 20.9. The van der Waals surface area contributed by atoms with Gasteiger partial charge >= 0.3 is 5.97 Å². The molecular weight excluding hydrogens is 368 g/mol. The highest BCUT2D eigenvalue weighted by molar-refractivity contribution is 6.06. The van der Waals surface area contributed by atoms with Crippen LogP contribution in [0, 0.1) is 5.41 Å². The van der Waals surface area contributed by atoms with E-state index in [1.807, 2.05) is 39.9 Å². The van der Waals surface area contributed by atoms with Crippen LogP contribution < -0.4 is 0 Å². The van der Waals surface area contributed by atoms with E-state index in [4.69, 9.17) is 4.74 Å². The number of fused-ring (bicyclic) bond motifs is 1. The number of piperidine rings is 1. The Hall–Kier alpha value is -3.22. The number of ether oxygens (including phenoxy) is 1. The van der Waals surface area contributed by atoms with Crippen LogP contribution in [0.3, 0.4) is 0 Å². The average molecular weight is 390 g/mol. The molecule has 2 aliphatic heterocycles. The summed E-state index contributed by atoms with van der Waals surface area (Å²) in [4.78, 5) is 36.0. The van der Waals surface area contributed by atoms with Crippen molar-refractivity contribution < 1.29 is 14.3 Å². The van der Waals surface area contributed by atoms with Crippen LogP contribution >= 0.6 is 0 Å². The minimum atomic E-state index is -0.470. The standard InChI is InChI=1S/C22H22N4O3/c27-20(18-5-8-24-19-4-2-1-3-17(18)19)26-10-6-22(7-11-26)13-16(29-21(22)28)14-25-12-9-23-15-25/h1-5,8-9,12,15-16H,6-7,10-11,13-14H2. The van der Waals surface area contributed by atoms with E-state index >= 15 is 0 Å². The monoisotopic (exact) mass is 390 g/mol. The van der Waals surface area contributed by atoms with E-state index in [-0.39, 0.29) is 18.0 Å². The van der Waals surface area contributed by atoms with Gasteiger partial charge in [-0.15, -0.1) is 0 Å². The van der Waals surface area contributed by atoms with E-state index in [1.54, 1.807) is 24.8 Å². The van der Waals surface area contributed by atoms with E-state index in [0.717, 1.165) is 10.9 Å². The molecular formula is C22H22N4O3. The van der Waals surface area contributed by atoms with Crippen molar-refractivity contribution in [1.82, 2.24) is 19.4 Å². The number of para-hydroxylation sites is 1. The van der Waals surface area contributed by atoms with Crippen LogP contribution in [-0.4, -0.2) is 50.5 Å². The number of esters is 1. The van der Waals surface area contributed by atoms with E-state index in [2.05, 4.69) is 9.97 Å². The molecule has 0 saturated carbocycles. The van der Waals surface area contributed by atoms with Gasteiger partial charge in [-0.05, 0) is 25.0 Å². The Morgan fingerprint density at radius 3 is 2.79 bits per heavy atom. The quantitative estimate of drug-likeness (QED) is 0.643. The Balaban J connectivity index is 1.29. The van der Waals surface area contributed by atoms with Crippen LogP contribution in [0.2, 0.25) is 0 Å². The zero-order valence-electron chi connectivity index (χ0n) is 16.0. The number of rotatable bonds is 3. The minimum Gasteiger partial charge on any atom is -0.460 e. The van der Waals surface area contributed by atoms with Gasteiger partial charge in [-0.25, -0.2) is 4.98 Å². The molecule has 1 unspecified atom stereocenters. The summed E-state index contributed by atoms with van der Waals surface area (Å²) in [6.07, 6.45) is 8.85. The summed E-state index contributed by atoms with van der Waals surface area (Å²) < 4.78 is 7.60. The van der Waals surface area contributed by atoms with Crippen LogP contribution in [0.1, 0.15) is 29.6 Å². The fourth-order valence-corrected chi connectivity index (χ4v) is 4.57. The topological polar surface area (TPSA) is 77.3 Å². The third kappa shape index (κ3) is 3.16. The summed E-state index contributed by atoms with van der Waals surface area (Å²) >= 11 is 0. The number of likely N-dealkylation sites (tertiary alicyclic amines) is 1. The first-order valence-electron chi connectivity index (χ1n) is 9.94. The highest BCUT2D eigenvalue weighted by atomic mass is 16.6. The van der Waals surface area contributed by atoms with Crippen molar-refractivity contribution in [2.24, 2.45) is 5.41 Å². The summed E-state index contributed by atoms with van der Waals surface area (Å²) in [7, 11) is 0. The zero-order chi connectivity index (χ0) is 19.8. The Kier molecular flexibility index (Phi) is 4.30. The molecule has 1 spiro atoms. The second-order valence-electron chi connectivity index (χ2n) is 7.94. The molecule has 2 saturated heterocycles. The molecule has 0 radical (unpaired) electrons. The lowest BCUT2D eigenvalue weighted by molar-refractivity contribution is -0.150. The van der Waals surface area contributed by atoms with Gasteiger partial charge in [-0.3, -0.25) is 14.6 Å². The van der Waals surface area contributed by atoms with Crippen molar-refractivity contribution >= 4 is 22.8 Å². The number of carbonyl (C=O) groups excluding carboxylic acids is 2. The first-order chi connectivity index (χ1) is 14.1. The van der Waals surface area contributed by atoms with Gasteiger partial charge in [0.25, 0.3) is 5.91 Å². The van der Waals surface area contributed by atoms with Crippen LogP contribution in [0.15, 0.2) is 55.2 Å². The number of imidazole rings is 1. The van der Waals surface area contributed by atoms with Crippen LogP contribution in [0.25, 0.3) is 10.9 Å². The lowest BCUT2D eigenvalue weighted by atomic mass is 9.76. The SMILES string of the molecule is O=C(c1ccnc2ccccc12)N1CCC2(CC1)CC(Cn1ccnc1)OC2=O. The molecule has 1 aromatic carbocycles. The molecule has 7 nitrogen and oxygen atoms in total. The smallest absolute Gasteiger partial charge is 0.312 e. The van der Waals surface area contributed by atoms with E-state index in [9.17, 15) is 9.59 Å². The number of cyclic esters (lactones) is 1. The molecule has 2 aliphatic rings. The maximum Gasteiger partial charge on any atom is 0.312 e. The Morgan fingerprint density at radius 2 is 2.00 bits per heavy atom. The van der Waals surface area contributed by atoms with Gasteiger partial charge in [0.2, 0.25) is 0 Å². The van der Waals surface area contributed by atoms with Crippen molar-refractivity contribution in [3.63, 3.8) is 0 Å². The second-order valence-corrected chi connectivity index (χ2v) is 7.94. The molecule has 2 aromatic heterocycles. The number of aromatic nitrogens is 3. The summed E-state index contributed by atoms with van der Waals surface area (Å²) in [5.74, 6) is -0.121. The van der Waals surface area contributed by atoms with Gasteiger partial charge < -0.3 is 14.2 Å². The molecule has 0 bridgehead atoms. The van der Waals surface area contributed by atoms with Crippen LogP contribution in [0.4, 0.5) is 0 Å². The number of hydrogen-bond acceptors (Lipinski definition) is 5. The molecule has 4 heterocycles. The van der Waals surface area contributed by atoms with Gasteiger partial charge in [0.1, 0.15) is 6.10 Å². The van der Waals surface area contributed by atoms with Crippen molar-refractivity contribution in [3.05, 3.63) is 60.8 Å². The fourth-order valence-electron chi connectivity index (χ4n) is 4.57. The number of carbonyl (C=O) groups is 2. The largest absolute Gasteiger partial charge is 0.460 e. The number of hydrogen-bond donors (Lipinski definition) is 0. The Labute approximate surface area is 168 Å². The van der Waals surface area contributed by atoms with Crippen molar-refractivity contribution in [2.75, 3.05) is 13.1 Å². The van der Waals surface area contributed by atoms with Gasteiger partial charge in [-0.2, -0.15) is 0 Å². The molecule has 0 N–H and O–H groups in total. The first kappa shape index (κ1) is 17.8. The summed E-state index contributed by atoms with van der Waals surface area (Å²) in [5, 5.41) is 0.862. The van der Waals surface area contributed by atoms with Gasteiger partial charge in [0, 0.05) is 43.5 Å². The second kappa shape index (κ2) is 6.99. The molecule has 2 fully saturated rings. The Morgan fingerprint density at radius 1 is 1.17 bits per heavy atom. The predicted molar refractivity (Wildman–Crippen MR) is 106 cm³/mol. The predicted octanol–water partition coefficient (Wildman–Crippen LogP) is 2.67. The van der Waals surface area contributed by atoms with Gasteiger partial charge in [-0.1, -0.05) is 18.2 Å². The molecule has 5 rings (SSSR count). The lowest BCUT2D eigenvalue weighted by Gasteiger charge is -2.36. The van der Waals surface area contributed by atoms with E-state index in [1.165, 1.54) is 0 Å². The number of pyridine rings is 1. The van der Waals surface area contributed by atoms with Gasteiger partial charge in [0.15, 0.2) is 0 Å². The third-order valence-corrected chi connectivity index (χ3v) is 6.19. The van der Waals surface area contributed by atoms with E-state index in [0.29, 0.717) is 44.5 Å². The molecule has 1 amide bonds. The van der Waals surface area contributed by atoms with Crippen molar-refractivity contribution in [2.45, 2.75) is 31.9 Å². The Bertz CT molecular complexity index is 1050. The maximum absolute atomic E-state index is 13.1. The zero-order valence-corrected chi connectivity index (χ0v) is 16.0. The number of amides is 1. The van der Waals surface area contributed by atoms with Gasteiger partial charge in [0.05, 0.1) is 29.4 Å². The van der Waals surface area contributed by atoms with Crippen LogP contribution in [0.5, 0.6) is 0 Å². The number of benzene rings is 1. The molecule has 7 heteroatoms. The molecule has 0 aliphatic carbocycles. The van der Waals surface area contributed by atoms with Crippen molar-refractivity contribution in [1.29, 1.82) is 0 Å². The summed E-state index contributed by atoms with van der Waals surface area (Å²) in [6, 6.07) is 9.45. The summed E-state index contributed by atoms with van der Waals surface area (Å²) in [6.45, 7) is 1.74. The molecule has 148 valence electrons. The lowest BCUT2D eigenvalue weighted by Crippen LogP contribution is -2.45. The highest BCUT2D eigenvalue weighted by Crippen LogP contribution is 2.43. The first-order valence-corrected chi connectivity index (χ1v) is 9.94. The number of nitrogens with zero attached hydrogens (tertiary/aromatic N) is 4. The van der Waals surface area contributed by atoms with Crippen molar-refractivity contribution in [3.8, 4) is 0 Å². The van der Waals surface area contributed by atoms with E-state index < -0.39 is 5.41 Å². The molecule has 1 atom stereocenters. The fraction of sp³-hybridized carbons (Fsp3) is 0.364. The highest BCUT2D eigenvalue weighted by Gasteiger charge is 2.50. The average Bonchev–Trinajstić information content (AvgIpc) is 3.36. The molecule has 3 aromatic rings. The molecule has 29 heavy (non-hydrogen) atoms. The summed E-state index contributed by atoms with van der Waals surface area (Å²) in [5.41, 5.74) is 1.01.